The maximum Gasteiger partial charge on any atom is 0.397 e. The Morgan fingerprint density at radius 2 is 1.89 bits per heavy atom. The Balaban J connectivity index is 1.38. The molecule has 1 saturated carbocycles. The van der Waals surface area contributed by atoms with E-state index in [4.69, 9.17) is 14.2 Å². The first-order valence-electron chi connectivity index (χ1n) is 11.7. The molecule has 35 heavy (non-hydrogen) atoms. The monoisotopic (exact) mass is 492 g/mol. The van der Waals surface area contributed by atoms with Crippen molar-refractivity contribution >= 4 is 5.97 Å². The number of halogens is 4. The van der Waals surface area contributed by atoms with E-state index in [0.717, 1.165) is 11.1 Å². The van der Waals surface area contributed by atoms with E-state index in [9.17, 15) is 22.4 Å². The van der Waals surface area contributed by atoms with Crippen molar-refractivity contribution in [3.05, 3.63) is 77.1 Å². The van der Waals surface area contributed by atoms with E-state index < -0.39 is 11.6 Å². The van der Waals surface area contributed by atoms with Crippen molar-refractivity contribution in [2.24, 2.45) is 5.41 Å². The molecule has 2 aromatic carbocycles. The highest BCUT2D eigenvalue weighted by Crippen LogP contribution is 2.53. The molecule has 4 rings (SSSR count). The van der Waals surface area contributed by atoms with Gasteiger partial charge in [0.15, 0.2) is 0 Å². The molecule has 4 nitrogen and oxygen atoms in total. The minimum Gasteiger partial charge on any atom is -0.493 e. The van der Waals surface area contributed by atoms with Gasteiger partial charge < -0.3 is 14.2 Å². The van der Waals surface area contributed by atoms with E-state index >= 15 is 0 Å². The molecule has 1 heterocycles. The Labute approximate surface area is 201 Å². The van der Waals surface area contributed by atoms with Gasteiger partial charge in [-0.1, -0.05) is 36.8 Å². The molecule has 2 atom stereocenters. The highest BCUT2D eigenvalue weighted by atomic mass is 19.4. The zero-order valence-electron chi connectivity index (χ0n) is 19.4. The van der Waals surface area contributed by atoms with E-state index in [-0.39, 0.29) is 50.0 Å². The second kappa shape index (κ2) is 10.4. The summed E-state index contributed by atoms with van der Waals surface area (Å²) >= 11 is 0. The first-order valence-corrected chi connectivity index (χ1v) is 11.7. The third-order valence-corrected chi connectivity index (χ3v) is 6.68. The summed E-state index contributed by atoms with van der Waals surface area (Å²) in [6, 6.07) is 11.5. The summed E-state index contributed by atoms with van der Waals surface area (Å²) in [7, 11) is 0. The number of alkyl halides is 3. The van der Waals surface area contributed by atoms with E-state index in [0.29, 0.717) is 30.6 Å². The summed E-state index contributed by atoms with van der Waals surface area (Å²) in [5.41, 5.74) is 0.357. The lowest BCUT2D eigenvalue weighted by molar-refractivity contribution is -0.259. The molecule has 0 aromatic heterocycles. The highest BCUT2D eigenvalue weighted by molar-refractivity contribution is 5.65. The maximum atomic E-state index is 14.6. The molecule has 0 spiro atoms. The molecule has 2 aliphatic rings. The van der Waals surface area contributed by atoms with Gasteiger partial charge in [-0.15, -0.1) is 0 Å². The summed E-state index contributed by atoms with van der Waals surface area (Å²) in [6.07, 6.45) is 0.543. The molecule has 0 radical (unpaired) electrons. The molecule has 0 saturated heterocycles. The van der Waals surface area contributed by atoms with Gasteiger partial charge in [-0.3, -0.25) is 4.79 Å². The van der Waals surface area contributed by atoms with E-state index in [1.807, 2.05) is 12.2 Å². The average Bonchev–Trinajstić information content (AvgIpc) is 2.79. The largest absolute Gasteiger partial charge is 0.493 e. The quantitative estimate of drug-likeness (QED) is 0.241. The number of carbonyl (C=O) groups excluding carboxylic acids is 1. The van der Waals surface area contributed by atoms with Crippen molar-refractivity contribution in [2.75, 3.05) is 13.2 Å². The third-order valence-electron chi connectivity index (χ3n) is 6.68. The zero-order valence-corrected chi connectivity index (χ0v) is 19.4. The fraction of sp³-hybridized carbons (Fsp3) is 0.444. The summed E-state index contributed by atoms with van der Waals surface area (Å²) in [5, 5.41) is 0. The van der Waals surface area contributed by atoms with Crippen molar-refractivity contribution < 1.29 is 36.6 Å². The van der Waals surface area contributed by atoms with Crippen LogP contribution in [0.3, 0.4) is 0 Å². The molecule has 1 fully saturated rings. The molecular formula is C27H28F4O4. The first kappa shape index (κ1) is 25.2. The molecular weight excluding hydrogens is 464 g/mol. The van der Waals surface area contributed by atoms with Crippen LogP contribution >= 0.6 is 0 Å². The predicted molar refractivity (Wildman–Crippen MR) is 121 cm³/mol. The van der Waals surface area contributed by atoms with Crippen LogP contribution < -0.4 is 4.74 Å². The van der Waals surface area contributed by atoms with Crippen molar-refractivity contribution in [3.8, 4) is 5.75 Å². The van der Waals surface area contributed by atoms with E-state index in [1.54, 1.807) is 36.4 Å². The second-order valence-electron chi connectivity index (χ2n) is 9.22. The lowest BCUT2D eigenvalue weighted by Crippen LogP contribution is -2.48. The standard InChI is InChI=1S/C27H28F4O4/c1-18(32)33-16-23-4-2-5-25(35-23)20-8-11-24(28)21(15-20)14-19-6-9-22(10-7-19)34-17-26(12-3-13-26)27(29,30)31/h2,4,6-11,15,23,25H,3,5,12-14,16-17H2,1H3/t23-,25+/m1/s1. The van der Waals surface area contributed by atoms with Gasteiger partial charge >= 0.3 is 12.1 Å². The lowest BCUT2D eigenvalue weighted by atomic mass is 9.69. The fourth-order valence-corrected chi connectivity index (χ4v) is 4.36. The smallest absolute Gasteiger partial charge is 0.397 e. The van der Waals surface area contributed by atoms with Gasteiger partial charge in [0, 0.05) is 13.3 Å². The van der Waals surface area contributed by atoms with Gasteiger partial charge in [0.2, 0.25) is 0 Å². The van der Waals surface area contributed by atoms with Crippen LogP contribution in [0.25, 0.3) is 0 Å². The van der Waals surface area contributed by atoms with Crippen LogP contribution in [0.4, 0.5) is 17.6 Å². The molecule has 8 heteroatoms. The Kier molecular flexibility index (Phi) is 7.50. The van der Waals surface area contributed by atoms with Crippen LogP contribution in [0.2, 0.25) is 0 Å². The fourth-order valence-electron chi connectivity index (χ4n) is 4.36. The molecule has 1 aliphatic carbocycles. The number of rotatable bonds is 8. The Hall–Kier alpha value is -2.87. The number of benzene rings is 2. The molecule has 0 N–H and O–H groups in total. The molecule has 1 aliphatic heterocycles. The van der Waals surface area contributed by atoms with Crippen LogP contribution in [0.1, 0.15) is 55.4 Å². The molecule has 0 bridgehead atoms. The molecule has 0 unspecified atom stereocenters. The summed E-state index contributed by atoms with van der Waals surface area (Å²) in [6.45, 7) is 1.07. The SMILES string of the molecule is CC(=O)OC[C@H]1C=CC[C@@H](c2ccc(F)c(Cc3ccc(OCC4(C(F)(F)F)CCC4)cc3)c2)O1. The first-order chi connectivity index (χ1) is 16.6. The predicted octanol–water partition coefficient (Wildman–Crippen LogP) is 6.48. The minimum absolute atomic E-state index is 0.0925. The van der Waals surface area contributed by atoms with Crippen molar-refractivity contribution in [1.82, 2.24) is 0 Å². The summed E-state index contributed by atoms with van der Waals surface area (Å²) < 4.78 is 71.0. The topological polar surface area (TPSA) is 44.8 Å². The number of ether oxygens (including phenoxy) is 3. The van der Waals surface area contributed by atoms with Gasteiger partial charge in [0.05, 0.1) is 11.5 Å². The minimum atomic E-state index is -4.27. The Bertz CT molecular complexity index is 1060. The van der Waals surface area contributed by atoms with Crippen LogP contribution in [-0.2, 0) is 20.7 Å². The van der Waals surface area contributed by atoms with Crippen LogP contribution in [0.15, 0.2) is 54.6 Å². The number of hydrogen-bond acceptors (Lipinski definition) is 4. The normalized spacial score (nSPS) is 21.3. The van der Waals surface area contributed by atoms with Gasteiger partial charge in [-0.25, -0.2) is 4.39 Å². The van der Waals surface area contributed by atoms with Crippen molar-refractivity contribution in [2.45, 2.75) is 57.4 Å². The number of hydrogen-bond donors (Lipinski definition) is 0. The van der Waals surface area contributed by atoms with E-state index in [2.05, 4.69) is 0 Å². The highest BCUT2D eigenvalue weighted by Gasteiger charge is 2.58. The van der Waals surface area contributed by atoms with Crippen molar-refractivity contribution in [3.63, 3.8) is 0 Å². The average molecular weight is 493 g/mol. The molecule has 0 amide bonds. The summed E-state index contributed by atoms with van der Waals surface area (Å²) in [4.78, 5) is 11.1. The Morgan fingerprint density at radius 3 is 2.51 bits per heavy atom. The zero-order chi connectivity index (χ0) is 25.1. The van der Waals surface area contributed by atoms with Crippen LogP contribution in [-0.4, -0.2) is 31.5 Å². The van der Waals surface area contributed by atoms with Crippen LogP contribution in [0, 0.1) is 11.2 Å². The van der Waals surface area contributed by atoms with Gasteiger partial charge in [0.25, 0.3) is 0 Å². The second-order valence-corrected chi connectivity index (χ2v) is 9.22. The Morgan fingerprint density at radius 1 is 1.14 bits per heavy atom. The number of carbonyl (C=O) groups is 1. The molecule has 2 aromatic rings. The lowest BCUT2D eigenvalue weighted by Gasteiger charge is -2.42. The van der Waals surface area contributed by atoms with E-state index in [1.165, 1.54) is 13.0 Å². The van der Waals surface area contributed by atoms with Gasteiger partial charge in [0.1, 0.15) is 30.9 Å². The number of esters is 1. The molecule has 188 valence electrons. The summed E-state index contributed by atoms with van der Waals surface area (Å²) in [5.74, 6) is -0.374. The van der Waals surface area contributed by atoms with Crippen molar-refractivity contribution in [1.29, 1.82) is 0 Å². The van der Waals surface area contributed by atoms with Gasteiger partial charge in [-0.05, 0) is 60.2 Å². The van der Waals surface area contributed by atoms with Crippen LogP contribution in [0.5, 0.6) is 5.75 Å². The van der Waals surface area contributed by atoms with Gasteiger partial charge in [-0.2, -0.15) is 13.2 Å². The maximum absolute atomic E-state index is 14.6. The third kappa shape index (κ3) is 6.04.